The van der Waals surface area contributed by atoms with Crippen molar-refractivity contribution >= 4 is 23.0 Å². The summed E-state index contributed by atoms with van der Waals surface area (Å²) < 4.78 is 0. The van der Waals surface area contributed by atoms with Gasteiger partial charge in [0.25, 0.3) is 0 Å². The van der Waals surface area contributed by atoms with E-state index in [1.807, 2.05) is 0 Å². The molecule has 188 valence electrons. The second kappa shape index (κ2) is 9.48. The molecule has 4 atom stereocenters. The topological polar surface area (TPSA) is 3.24 Å². The smallest absolute Gasteiger partial charge is 0.0458 e. The number of aryl methyl sites for hydroxylation is 1. The monoisotopic (exact) mass is 493 g/mol. The molecule has 0 saturated heterocycles. The molecule has 2 fully saturated rings. The molecule has 3 aromatic carbocycles. The average Bonchev–Trinajstić information content (AvgIpc) is 3.89. The summed E-state index contributed by atoms with van der Waals surface area (Å²) in [7, 11) is 0. The van der Waals surface area contributed by atoms with E-state index in [4.69, 9.17) is 0 Å². The zero-order chi connectivity index (χ0) is 25.6. The summed E-state index contributed by atoms with van der Waals surface area (Å²) in [6.07, 6.45) is 18.1. The van der Waals surface area contributed by atoms with Crippen molar-refractivity contribution in [1.29, 1.82) is 0 Å². The Labute approximate surface area is 227 Å². The van der Waals surface area contributed by atoms with Crippen LogP contribution >= 0.6 is 0 Å². The quantitative estimate of drug-likeness (QED) is 0.296. The summed E-state index contributed by atoms with van der Waals surface area (Å²) in [5.74, 6) is 2.86. The number of anilines is 2. The summed E-state index contributed by atoms with van der Waals surface area (Å²) in [4.78, 5) is 2.48. The van der Waals surface area contributed by atoms with E-state index < -0.39 is 0 Å². The van der Waals surface area contributed by atoms with Gasteiger partial charge in [0.05, 0.1) is 0 Å². The molecule has 0 radical (unpaired) electrons. The predicted molar refractivity (Wildman–Crippen MR) is 161 cm³/mol. The van der Waals surface area contributed by atoms with Gasteiger partial charge in [0.2, 0.25) is 0 Å². The third kappa shape index (κ3) is 4.41. The van der Waals surface area contributed by atoms with Gasteiger partial charge in [-0.3, -0.25) is 0 Å². The van der Waals surface area contributed by atoms with Gasteiger partial charge in [-0.25, -0.2) is 0 Å². The Balaban J connectivity index is 1.26. The first-order valence-corrected chi connectivity index (χ1v) is 14.2. The maximum Gasteiger partial charge on any atom is 0.0458 e. The van der Waals surface area contributed by atoms with Crippen molar-refractivity contribution in [2.45, 2.75) is 33.1 Å². The molecule has 0 heterocycles. The van der Waals surface area contributed by atoms with Gasteiger partial charge in [-0.05, 0) is 103 Å². The minimum Gasteiger partial charge on any atom is -0.314 e. The van der Waals surface area contributed by atoms with Crippen LogP contribution in [0.1, 0.15) is 42.9 Å². The van der Waals surface area contributed by atoms with Crippen molar-refractivity contribution in [3.05, 3.63) is 143 Å². The van der Waals surface area contributed by atoms with Crippen molar-refractivity contribution in [2.75, 3.05) is 4.90 Å². The van der Waals surface area contributed by atoms with Gasteiger partial charge in [0.15, 0.2) is 0 Å². The minimum absolute atomic E-state index is 0.636. The van der Waals surface area contributed by atoms with E-state index >= 15 is 0 Å². The van der Waals surface area contributed by atoms with Crippen LogP contribution in [0.2, 0.25) is 0 Å². The molecule has 0 amide bonds. The van der Waals surface area contributed by atoms with Crippen LogP contribution in [-0.4, -0.2) is 0 Å². The third-order valence-corrected chi connectivity index (χ3v) is 8.74. The molecule has 2 saturated carbocycles. The summed E-state index contributed by atoms with van der Waals surface area (Å²) in [6, 6.07) is 29.0. The maximum atomic E-state index is 2.48. The molecule has 3 aromatic rings. The molecule has 0 aliphatic heterocycles. The van der Waals surface area contributed by atoms with E-state index in [2.05, 4.69) is 134 Å². The van der Waals surface area contributed by atoms with Crippen molar-refractivity contribution in [2.24, 2.45) is 23.7 Å². The second-order valence-electron chi connectivity index (χ2n) is 11.4. The van der Waals surface area contributed by atoms with E-state index in [1.54, 1.807) is 5.57 Å². The number of nitrogens with zero attached hydrogens (tertiary/aromatic N) is 1. The zero-order valence-electron chi connectivity index (χ0n) is 22.3. The van der Waals surface area contributed by atoms with E-state index in [9.17, 15) is 0 Å². The fourth-order valence-corrected chi connectivity index (χ4v) is 6.31. The first kappa shape index (κ1) is 23.3. The number of rotatable bonds is 7. The summed E-state index contributed by atoms with van der Waals surface area (Å²) in [5, 5.41) is 0. The molecular weight excluding hydrogens is 458 g/mol. The SMILES string of the molecule is CCC1=CC=C(N(c2ccc(C)cc2)c2ccc(/C=C(/C3=CC4CC4C=C3)c3ccccc3)cc2)C2CC12. The molecule has 4 aliphatic carbocycles. The van der Waals surface area contributed by atoms with E-state index in [1.165, 1.54) is 57.8 Å². The van der Waals surface area contributed by atoms with Crippen LogP contribution < -0.4 is 4.90 Å². The van der Waals surface area contributed by atoms with Crippen LogP contribution in [0.15, 0.2) is 126 Å². The van der Waals surface area contributed by atoms with Gasteiger partial charge in [-0.15, -0.1) is 0 Å². The lowest BCUT2D eigenvalue weighted by Gasteiger charge is -2.30. The van der Waals surface area contributed by atoms with Crippen LogP contribution in [0, 0.1) is 30.6 Å². The highest BCUT2D eigenvalue weighted by atomic mass is 15.2. The van der Waals surface area contributed by atoms with E-state index in [-0.39, 0.29) is 0 Å². The van der Waals surface area contributed by atoms with Gasteiger partial charge in [0.1, 0.15) is 0 Å². The first-order valence-electron chi connectivity index (χ1n) is 14.2. The lowest BCUT2D eigenvalue weighted by Crippen LogP contribution is -2.20. The predicted octanol–water partition coefficient (Wildman–Crippen LogP) is 9.68. The standard InChI is InChI=1S/C37H35N/c1-3-27-15-20-37(36-24-35(27)36)38(32-16-9-25(2)10-17-32)33-18-11-26(12-19-33)21-34(28-7-5-4-6-8-28)30-14-13-29-22-31(29)23-30/h4-21,23,29,31,35-36H,3,22,24H2,1-2H3/b34-21+. The molecular formula is C37H35N. The Morgan fingerprint density at radius 2 is 1.55 bits per heavy atom. The highest BCUT2D eigenvalue weighted by Crippen LogP contribution is 2.55. The van der Waals surface area contributed by atoms with E-state index in [0.29, 0.717) is 5.92 Å². The zero-order valence-corrected chi connectivity index (χ0v) is 22.3. The van der Waals surface area contributed by atoms with Crippen molar-refractivity contribution in [3.8, 4) is 0 Å². The van der Waals surface area contributed by atoms with Crippen LogP contribution in [0.3, 0.4) is 0 Å². The molecule has 4 unspecified atom stereocenters. The molecule has 4 aliphatic rings. The lowest BCUT2D eigenvalue weighted by molar-refractivity contribution is 0.800. The lowest BCUT2D eigenvalue weighted by atomic mass is 9.92. The Hall–Kier alpha value is -3.84. The fourth-order valence-electron chi connectivity index (χ4n) is 6.31. The third-order valence-electron chi connectivity index (χ3n) is 8.74. The molecule has 1 heteroatoms. The molecule has 1 nitrogen and oxygen atoms in total. The van der Waals surface area contributed by atoms with Gasteiger partial charge in [-0.1, -0.05) is 97.0 Å². The minimum atomic E-state index is 0.636. The number of allylic oxidation sites excluding steroid dienone is 9. The molecule has 7 rings (SSSR count). The fraction of sp³-hybridized carbons (Fsp3) is 0.243. The van der Waals surface area contributed by atoms with Crippen molar-refractivity contribution in [1.82, 2.24) is 0 Å². The highest BCUT2D eigenvalue weighted by Gasteiger charge is 2.45. The number of fused-ring (bicyclic) bond motifs is 2. The number of hydrogen-bond acceptors (Lipinski definition) is 1. The second-order valence-corrected chi connectivity index (χ2v) is 11.4. The molecule has 38 heavy (non-hydrogen) atoms. The Bertz CT molecular complexity index is 1500. The van der Waals surface area contributed by atoms with Gasteiger partial charge < -0.3 is 4.90 Å². The Morgan fingerprint density at radius 3 is 2.26 bits per heavy atom. The number of hydrogen-bond donors (Lipinski definition) is 0. The normalized spacial score (nSPS) is 25.0. The summed E-state index contributed by atoms with van der Waals surface area (Å²) in [6.45, 7) is 4.45. The summed E-state index contributed by atoms with van der Waals surface area (Å²) in [5.41, 5.74) is 12.0. The average molecular weight is 494 g/mol. The Kier molecular flexibility index (Phi) is 5.81. The molecule has 0 spiro atoms. The van der Waals surface area contributed by atoms with Crippen LogP contribution in [-0.2, 0) is 0 Å². The van der Waals surface area contributed by atoms with Gasteiger partial charge in [0, 0.05) is 23.0 Å². The van der Waals surface area contributed by atoms with Crippen LogP contribution in [0.25, 0.3) is 11.6 Å². The number of benzene rings is 3. The molecule has 0 aromatic heterocycles. The van der Waals surface area contributed by atoms with Crippen molar-refractivity contribution < 1.29 is 0 Å². The molecule has 0 bridgehead atoms. The van der Waals surface area contributed by atoms with Crippen LogP contribution in [0.5, 0.6) is 0 Å². The maximum absolute atomic E-state index is 2.48. The first-order chi connectivity index (χ1) is 18.7. The highest BCUT2D eigenvalue weighted by molar-refractivity contribution is 5.93. The largest absolute Gasteiger partial charge is 0.314 e. The van der Waals surface area contributed by atoms with Gasteiger partial charge >= 0.3 is 0 Å². The summed E-state index contributed by atoms with van der Waals surface area (Å²) >= 11 is 0. The molecule has 0 N–H and O–H groups in total. The van der Waals surface area contributed by atoms with Gasteiger partial charge in [-0.2, -0.15) is 0 Å². The van der Waals surface area contributed by atoms with Crippen molar-refractivity contribution in [3.63, 3.8) is 0 Å². The van der Waals surface area contributed by atoms with Crippen LogP contribution in [0.4, 0.5) is 11.4 Å². The Morgan fingerprint density at radius 1 is 0.816 bits per heavy atom. The van der Waals surface area contributed by atoms with E-state index in [0.717, 1.165) is 24.2 Å².